The number of halogens is 1. The van der Waals surface area contributed by atoms with E-state index in [0.717, 1.165) is 0 Å². The van der Waals surface area contributed by atoms with Gasteiger partial charge in [-0.25, -0.2) is 4.79 Å². The Hall–Kier alpha value is -2.18. The number of nitrogens with one attached hydrogen (secondary N) is 2. The Morgan fingerprint density at radius 3 is 2.62 bits per heavy atom. The van der Waals surface area contributed by atoms with E-state index in [9.17, 15) is 4.79 Å². The molecule has 0 aliphatic rings. The van der Waals surface area contributed by atoms with E-state index in [1.165, 1.54) is 0 Å². The van der Waals surface area contributed by atoms with E-state index in [-0.39, 0.29) is 12.1 Å². The molecule has 1 heterocycles. The summed E-state index contributed by atoms with van der Waals surface area (Å²) in [6.45, 7) is 5.83. The lowest BCUT2D eigenvalue weighted by atomic mass is 10.2. The molecule has 6 nitrogen and oxygen atoms in total. The van der Waals surface area contributed by atoms with Crippen molar-refractivity contribution in [1.82, 2.24) is 10.6 Å². The second kappa shape index (κ2) is 10.7. The molecule has 2 rings (SSSR count). The highest BCUT2D eigenvalue weighted by Crippen LogP contribution is 2.15. The first-order valence-corrected chi connectivity index (χ1v) is 8.96. The minimum atomic E-state index is -0.346. The smallest absolute Gasteiger partial charge is 0.315 e. The van der Waals surface area contributed by atoms with Crippen LogP contribution in [0, 0.1) is 5.92 Å². The van der Waals surface area contributed by atoms with Crippen molar-refractivity contribution in [3.8, 4) is 5.75 Å². The summed E-state index contributed by atoms with van der Waals surface area (Å²) < 4.78 is 16.6. The third-order valence-corrected chi connectivity index (χ3v) is 3.65. The van der Waals surface area contributed by atoms with Gasteiger partial charge in [-0.15, -0.1) is 0 Å². The van der Waals surface area contributed by atoms with Crippen LogP contribution in [0.3, 0.4) is 0 Å². The van der Waals surface area contributed by atoms with E-state index in [2.05, 4.69) is 24.5 Å². The molecule has 0 fully saturated rings. The van der Waals surface area contributed by atoms with Gasteiger partial charge in [0.2, 0.25) is 0 Å². The molecule has 26 heavy (non-hydrogen) atoms. The summed E-state index contributed by atoms with van der Waals surface area (Å²) in [5, 5.41) is 6.27. The normalized spacial score (nSPS) is 12.0. The molecule has 0 radical (unpaired) electrons. The molecule has 2 N–H and O–H groups in total. The lowest BCUT2D eigenvalue weighted by Gasteiger charge is -2.18. The Labute approximate surface area is 158 Å². The maximum absolute atomic E-state index is 12.1. The van der Waals surface area contributed by atoms with E-state index in [1.54, 1.807) is 36.6 Å². The number of carbonyl (C=O) groups excluding carboxylic acids is 1. The van der Waals surface area contributed by atoms with Crippen molar-refractivity contribution in [2.45, 2.75) is 19.9 Å². The van der Waals surface area contributed by atoms with Gasteiger partial charge < -0.3 is 24.5 Å². The zero-order chi connectivity index (χ0) is 18.8. The second-order valence-corrected chi connectivity index (χ2v) is 6.64. The molecule has 1 unspecified atom stereocenters. The fourth-order valence-electron chi connectivity index (χ4n) is 2.18. The van der Waals surface area contributed by atoms with Crippen molar-refractivity contribution in [2.75, 3.05) is 26.4 Å². The zero-order valence-corrected chi connectivity index (χ0v) is 15.8. The lowest BCUT2D eigenvalue weighted by molar-refractivity contribution is 0.0868. The van der Waals surface area contributed by atoms with E-state index in [1.807, 2.05) is 6.07 Å². The van der Waals surface area contributed by atoms with E-state index in [0.29, 0.717) is 48.8 Å². The number of carbonyl (C=O) groups is 1. The molecule has 7 heteroatoms. The number of ether oxygens (including phenoxy) is 2. The van der Waals surface area contributed by atoms with Crippen LogP contribution < -0.4 is 15.4 Å². The summed E-state index contributed by atoms with van der Waals surface area (Å²) in [6.07, 6.45) is 1.57. The maximum Gasteiger partial charge on any atom is 0.315 e. The fourth-order valence-corrected chi connectivity index (χ4v) is 2.31. The number of hydrogen-bond acceptors (Lipinski definition) is 4. The molecule has 0 aliphatic carbocycles. The molecular weight excluding hydrogens is 356 g/mol. The molecule has 1 aromatic carbocycles. The number of urea groups is 1. The second-order valence-electron chi connectivity index (χ2n) is 6.20. The van der Waals surface area contributed by atoms with Crippen molar-refractivity contribution in [2.24, 2.45) is 5.92 Å². The number of furan rings is 1. The molecule has 0 aliphatic heterocycles. The third-order valence-electron chi connectivity index (χ3n) is 3.40. The SMILES string of the molecule is CC(C)COCC(NC(=O)NCCOc1ccc(Cl)cc1)c1ccco1. The zero-order valence-electron chi connectivity index (χ0n) is 15.0. The molecule has 0 saturated heterocycles. The molecule has 1 atom stereocenters. The van der Waals surface area contributed by atoms with E-state index >= 15 is 0 Å². The van der Waals surface area contributed by atoms with Crippen LogP contribution in [0.15, 0.2) is 47.1 Å². The van der Waals surface area contributed by atoms with Crippen molar-refractivity contribution in [3.05, 3.63) is 53.4 Å². The van der Waals surface area contributed by atoms with Crippen LogP contribution in [0.25, 0.3) is 0 Å². The molecular formula is C19H25ClN2O4. The van der Waals surface area contributed by atoms with E-state index in [4.69, 9.17) is 25.5 Å². The molecule has 142 valence electrons. The Kier molecular flexibility index (Phi) is 8.31. The molecule has 2 aromatic rings. The Morgan fingerprint density at radius 1 is 1.19 bits per heavy atom. The third kappa shape index (κ3) is 7.37. The quantitative estimate of drug-likeness (QED) is 0.610. The average Bonchev–Trinajstić information content (AvgIpc) is 3.13. The van der Waals surface area contributed by atoms with Gasteiger partial charge in [-0.05, 0) is 42.3 Å². The van der Waals surface area contributed by atoms with Gasteiger partial charge in [0.1, 0.15) is 24.2 Å². The first kappa shape index (κ1) is 20.1. The predicted octanol–water partition coefficient (Wildman–Crippen LogP) is 4.02. The predicted molar refractivity (Wildman–Crippen MR) is 101 cm³/mol. The Bertz CT molecular complexity index is 644. The van der Waals surface area contributed by atoms with Crippen LogP contribution in [0.4, 0.5) is 4.79 Å². The Morgan fingerprint density at radius 2 is 1.96 bits per heavy atom. The summed E-state index contributed by atoms with van der Waals surface area (Å²) in [4.78, 5) is 12.1. The van der Waals surface area contributed by atoms with Crippen LogP contribution in [-0.4, -0.2) is 32.4 Å². The van der Waals surface area contributed by atoms with Gasteiger partial charge in [-0.1, -0.05) is 25.4 Å². The number of amides is 2. The highest BCUT2D eigenvalue weighted by Gasteiger charge is 2.17. The van der Waals surface area contributed by atoms with Gasteiger partial charge in [0.15, 0.2) is 0 Å². The summed E-state index contributed by atoms with van der Waals surface area (Å²) in [6, 6.07) is 10.0. The van der Waals surface area contributed by atoms with Crippen molar-refractivity contribution in [3.63, 3.8) is 0 Å². The Balaban J connectivity index is 1.72. The van der Waals surface area contributed by atoms with Gasteiger partial charge in [-0.2, -0.15) is 0 Å². The van der Waals surface area contributed by atoms with Crippen LogP contribution in [-0.2, 0) is 4.74 Å². The van der Waals surface area contributed by atoms with Crippen LogP contribution in [0.1, 0.15) is 25.6 Å². The maximum atomic E-state index is 12.1. The first-order chi connectivity index (χ1) is 12.5. The number of rotatable bonds is 10. The van der Waals surface area contributed by atoms with Gasteiger partial charge in [0.25, 0.3) is 0 Å². The largest absolute Gasteiger partial charge is 0.492 e. The van der Waals surface area contributed by atoms with Gasteiger partial charge >= 0.3 is 6.03 Å². The topological polar surface area (TPSA) is 72.7 Å². The summed E-state index contributed by atoms with van der Waals surface area (Å²) in [5.41, 5.74) is 0. The lowest BCUT2D eigenvalue weighted by Crippen LogP contribution is -2.41. The van der Waals surface area contributed by atoms with Crippen molar-refractivity contribution < 1.29 is 18.7 Å². The highest BCUT2D eigenvalue weighted by molar-refractivity contribution is 6.30. The monoisotopic (exact) mass is 380 g/mol. The molecule has 2 amide bonds. The molecule has 1 aromatic heterocycles. The van der Waals surface area contributed by atoms with Crippen LogP contribution >= 0.6 is 11.6 Å². The number of benzene rings is 1. The van der Waals surface area contributed by atoms with E-state index < -0.39 is 0 Å². The molecule has 0 spiro atoms. The number of hydrogen-bond donors (Lipinski definition) is 2. The van der Waals surface area contributed by atoms with Gasteiger partial charge in [-0.3, -0.25) is 0 Å². The van der Waals surface area contributed by atoms with Gasteiger partial charge in [0, 0.05) is 11.6 Å². The average molecular weight is 381 g/mol. The molecule has 0 bridgehead atoms. The van der Waals surface area contributed by atoms with Gasteiger partial charge in [0.05, 0.1) is 19.4 Å². The van der Waals surface area contributed by atoms with Crippen LogP contribution in [0.5, 0.6) is 5.75 Å². The minimum Gasteiger partial charge on any atom is -0.492 e. The summed E-state index contributed by atoms with van der Waals surface area (Å²) in [7, 11) is 0. The standard InChI is InChI=1S/C19H25ClN2O4/c1-14(2)12-24-13-17(18-4-3-10-26-18)22-19(23)21-9-11-25-16-7-5-15(20)6-8-16/h3-8,10,14,17H,9,11-13H2,1-2H3,(H2,21,22,23). The first-order valence-electron chi connectivity index (χ1n) is 8.58. The van der Waals surface area contributed by atoms with Crippen molar-refractivity contribution in [1.29, 1.82) is 0 Å². The highest BCUT2D eigenvalue weighted by atomic mass is 35.5. The summed E-state index contributed by atoms with van der Waals surface area (Å²) >= 11 is 5.82. The van der Waals surface area contributed by atoms with Crippen molar-refractivity contribution >= 4 is 17.6 Å². The summed E-state index contributed by atoms with van der Waals surface area (Å²) in [5.74, 6) is 1.78. The van der Waals surface area contributed by atoms with Crippen LogP contribution in [0.2, 0.25) is 5.02 Å². The minimum absolute atomic E-state index is 0.306. The molecule has 0 saturated carbocycles. The fraction of sp³-hybridized carbons (Fsp3) is 0.421.